The van der Waals surface area contributed by atoms with Crippen LogP contribution in [0.3, 0.4) is 0 Å². The van der Waals surface area contributed by atoms with E-state index in [1.807, 2.05) is 29.8 Å². The van der Waals surface area contributed by atoms with Crippen molar-refractivity contribution in [2.75, 3.05) is 12.4 Å². The Balaban J connectivity index is 2.12. The molecule has 6 heteroatoms. The summed E-state index contributed by atoms with van der Waals surface area (Å²) in [5.74, 6) is -0.717. The van der Waals surface area contributed by atoms with Crippen LogP contribution in [-0.4, -0.2) is 19.0 Å². The van der Waals surface area contributed by atoms with Crippen LogP contribution in [0, 0.1) is 6.92 Å². The molecule has 0 aliphatic carbocycles. The summed E-state index contributed by atoms with van der Waals surface area (Å²) < 4.78 is 4.69. The number of hydrogen-bond donors (Lipinski definition) is 1. The molecule has 2 aromatic heterocycles. The summed E-state index contributed by atoms with van der Waals surface area (Å²) in [5, 5.41) is 6.48. The number of ether oxygens (including phenoxy) is 1. The van der Waals surface area contributed by atoms with Crippen molar-refractivity contribution in [3.05, 3.63) is 44.3 Å². The first-order chi connectivity index (χ1) is 9.61. The van der Waals surface area contributed by atoms with Crippen molar-refractivity contribution in [1.29, 1.82) is 0 Å². The Labute approximate surface area is 124 Å². The highest BCUT2D eigenvalue weighted by Crippen LogP contribution is 2.28. The van der Waals surface area contributed by atoms with E-state index in [2.05, 4.69) is 5.32 Å². The van der Waals surface area contributed by atoms with E-state index in [0.717, 1.165) is 10.4 Å². The van der Waals surface area contributed by atoms with E-state index in [9.17, 15) is 9.59 Å². The zero-order valence-corrected chi connectivity index (χ0v) is 12.6. The third-order valence-corrected chi connectivity index (χ3v) is 4.45. The van der Waals surface area contributed by atoms with Gasteiger partial charge in [0.2, 0.25) is 5.91 Å². The quantitative estimate of drug-likeness (QED) is 0.694. The van der Waals surface area contributed by atoms with Gasteiger partial charge < -0.3 is 10.1 Å². The normalized spacial score (nSPS) is 10.7. The van der Waals surface area contributed by atoms with E-state index in [-0.39, 0.29) is 5.91 Å². The van der Waals surface area contributed by atoms with E-state index < -0.39 is 5.97 Å². The summed E-state index contributed by atoms with van der Waals surface area (Å²) in [5.41, 5.74) is 1.36. The molecule has 0 atom stereocenters. The second kappa shape index (κ2) is 6.49. The molecule has 0 aliphatic rings. The number of carbonyl (C=O) groups is 2. The van der Waals surface area contributed by atoms with E-state index in [1.54, 1.807) is 17.4 Å². The van der Waals surface area contributed by atoms with Gasteiger partial charge in [-0.05, 0) is 35.4 Å². The van der Waals surface area contributed by atoms with Crippen molar-refractivity contribution in [2.45, 2.75) is 6.92 Å². The third kappa shape index (κ3) is 3.34. The number of amides is 1. The van der Waals surface area contributed by atoms with E-state index in [1.165, 1.54) is 24.5 Å². The van der Waals surface area contributed by atoms with Crippen LogP contribution in [0.4, 0.5) is 5.69 Å². The van der Waals surface area contributed by atoms with Gasteiger partial charge in [0, 0.05) is 11.0 Å². The summed E-state index contributed by atoms with van der Waals surface area (Å²) in [4.78, 5) is 24.9. The second-order valence-electron chi connectivity index (χ2n) is 3.95. The number of hydrogen-bond acceptors (Lipinski definition) is 5. The zero-order valence-electron chi connectivity index (χ0n) is 11.0. The van der Waals surface area contributed by atoms with Crippen molar-refractivity contribution < 1.29 is 14.3 Å². The fraction of sp³-hybridized carbons (Fsp3) is 0.143. The van der Waals surface area contributed by atoms with E-state index in [4.69, 9.17) is 4.74 Å². The highest BCUT2D eigenvalue weighted by molar-refractivity contribution is 7.12. The number of anilines is 1. The lowest BCUT2D eigenvalue weighted by Gasteiger charge is -2.04. The van der Waals surface area contributed by atoms with Crippen molar-refractivity contribution in [3.8, 4) is 0 Å². The van der Waals surface area contributed by atoms with Gasteiger partial charge in [-0.25, -0.2) is 4.79 Å². The number of esters is 1. The molecule has 0 unspecified atom stereocenters. The van der Waals surface area contributed by atoms with E-state index in [0.29, 0.717) is 10.6 Å². The van der Waals surface area contributed by atoms with Gasteiger partial charge in [-0.3, -0.25) is 4.79 Å². The molecule has 0 radical (unpaired) electrons. The molecule has 104 valence electrons. The van der Waals surface area contributed by atoms with Crippen molar-refractivity contribution in [2.24, 2.45) is 0 Å². The Morgan fingerprint density at radius 3 is 2.80 bits per heavy atom. The molecule has 1 N–H and O–H groups in total. The number of rotatable bonds is 4. The average Bonchev–Trinajstić information content (AvgIpc) is 3.07. The summed E-state index contributed by atoms with van der Waals surface area (Å²) in [7, 11) is 1.32. The highest BCUT2D eigenvalue weighted by atomic mass is 32.1. The maximum Gasteiger partial charge on any atom is 0.350 e. The van der Waals surface area contributed by atoms with Crippen LogP contribution < -0.4 is 5.32 Å². The summed E-state index contributed by atoms with van der Waals surface area (Å²) in [6, 6.07) is 3.84. The third-order valence-electron chi connectivity index (χ3n) is 2.54. The lowest BCUT2D eigenvalue weighted by Crippen LogP contribution is -2.11. The van der Waals surface area contributed by atoms with Crippen LogP contribution >= 0.6 is 22.7 Å². The summed E-state index contributed by atoms with van der Waals surface area (Å²) in [6.07, 6.45) is 3.18. The van der Waals surface area contributed by atoms with Crippen LogP contribution in [0.15, 0.2) is 29.0 Å². The molecule has 1 amide bonds. The lowest BCUT2D eigenvalue weighted by atomic mass is 10.2. The van der Waals surface area contributed by atoms with Crippen LogP contribution in [0.1, 0.15) is 20.1 Å². The van der Waals surface area contributed by atoms with Crippen molar-refractivity contribution in [3.63, 3.8) is 0 Å². The SMILES string of the molecule is COC(=O)c1scc(C)c1NC(=O)/C=C/c1cccs1. The Kier molecular flexibility index (Phi) is 4.70. The average molecular weight is 307 g/mol. The molecule has 20 heavy (non-hydrogen) atoms. The summed E-state index contributed by atoms with van der Waals surface area (Å²) >= 11 is 2.80. The molecule has 0 saturated carbocycles. The van der Waals surface area contributed by atoms with Gasteiger partial charge in [0.25, 0.3) is 0 Å². The Bertz CT molecular complexity index is 641. The first-order valence-corrected chi connectivity index (χ1v) is 7.56. The predicted molar refractivity (Wildman–Crippen MR) is 82.4 cm³/mol. The van der Waals surface area contributed by atoms with Gasteiger partial charge in [0.05, 0.1) is 12.8 Å². The number of thiophene rings is 2. The van der Waals surface area contributed by atoms with Crippen LogP contribution in [0.2, 0.25) is 0 Å². The molecule has 0 aliphatic heterocycles. The van der Waals surface area contributed by atoms with Crippen molar-refractivity contribution >= 4 is 46.3 Å². The van der Waals surface area contributed by atoms with Crippen molar-refractivity contribution in [1.82, 2.24) is 0 Å². The molecule has 0 saturated heterocycles. The van der Waals surface area contributed by atoms with Gasteiger partial charge in [0.15, 0.2) is 0 Å². The molecule has 2 rings (SSSR count). The molecular weight excluding hydrogens is 294 g/mol. The fourth-order valence-corrected chi connectivity index (χ4v) is 3.09. The van der Waals surface area contributed by atoms with Crippen LogP contribution in [0.25, 0.3) is 6.08 Å². The first-order valence-electron chi connectivity index (χ1n) is 5.80. The smallest absolute Gasteiger partial charge is 0.350 e. The summed E-state index contributed by atoms with van der Waals surface area (Å²) in [6.45, 7) is 1.83. The molecular formula is C14H13NO3S2. The monoisotopic (exact) mass is 307 g/mol. The van der Waals surface area contributed by atoms with Gasteiger partial charge in [-0.1, -0.05) is 6.07 Å². The molecule has 2 aromatic rings. The molecule has 0 fully saturated rings. The predicted octanol–water partition coefficient (Wildman–Crippen LogP) is 3.56. The Morgan fingerprint density at radius 1 is 1.35 bits per heavy atom. The number of nitrogens with one attached hydrogen (secondary N) is 1. The van der Waals surface area contributed by atoms with Gasteiger partial charge >= 0.3 is 5.97 Å². The second-order valence-corrected chi connectivity index (χ2v) is 5.81. The first kappa shape index (κ1) is 14.5. The molecule has 2 heterocycles. The van der Waals surface area contributed by atoms with Gasteiger partial charge in [0.1, 0.15) is 4.88 Å². The highest BCUT2D eigenvalue weighted by Gasteiger charge is 2.17. The molecule has 0 spiro atoms. The zero-order chi connectivity index (χ0) is 14.5. The minimum absolute atomic E-state index is 0.273. The van der Waals surface area contributed by atoms with E-state index >= 15 is 0 Å². The van der Waals surface area contributed by atoms with Gasteiger partial charge in [-0.15, -0.1) is 22.7 Å². The standard InChI is InChI=1S/C14H13NO3S2/c1-9-8-20-13(14(17)18-2)12(9)15-11(16)6-5-10-4-3-7-19-10/h3-8H,1-2H3,(H,15,16)/b6-5+. The Morgan fingerprint density at radius 2 is 2.15 bits per heavy atom. The minimum atomic E-state index is -0.444. The molecule has 0 bridgehead atoms. The Hall–Kier alpha value is -1.92. The topological polar surface area (TPSA) is 55.4 Å². The van der Waals surface area contributed by atoms with Crippen LogP contribution in [-0.2, 0) is 9.53 Å². The number of aryl methyl sites for hydroxylation is 1. The largest absolute Gasteiger partial charge is 0.465 e. The number of carbonyl (C=O) groups excluding carboxylic acids is 2. The van der Waals surface area contributed by atoms with Gasteiger partial charge in [-0.2, -0.15) is 0 Å². The fourth-order valence-electron chi connectivity index (χ4n) is 1.55. The molecule has 4 nitrogen and oxygen atoms in total. The minimum Gasteiger partial charge on any atom is -0.465 e. The van der Waals surface area contributed by atoms with Crippen LogP contribution in [0.5, 0.6) is 0 Å². The maximum atomic E-state index is 11.9. The molecule has 0 aromatic carbocycles. The number of methoxy groups -OCH3 is 1. The lowest BCUT2D eigenvalue weighted by molar-refractivity contribution is -0.111. The maximum absolute atomic E-state index is 11.9.